The lowest BCUT2D eigenvalue weighted by molar-refractivity contribution is -0.384. The van der Waals surface area contributed by atoms with Gasteiger partial charge in [0, 0.05) is 17.7 Å². The molecule has 6 heteroatoms. The van der Waals surface area contributed by atoms with Gasteiger partial charge in [-0.2, -0.15) is 0 Å². The summed E-state index contributed by atoms with van der Waals surface area (Å²) in [4.78, 5) is 21.9. The molecule has 1 aliphatic heterocycles. The van der Waals surface area contributed by atoms with Crippen molar-refractivity contribution in [3.63, 3.8) is 0 Å². The molecule has 21 heavy (non-hydrogen) atoms. The SMILES string of the molecule is O=C1OC(=Cc2ccc(F)cc2)c2ccc([N+](=O)[O-])cc21. The number of carbonyl (C=O) groups excluding carboxylic acids is 1. The van der Waals surface area contributed by atoms with Gasteiger partial charge in [0.05, 0.1) is 10.5 Å². The molecule has 0 N–H and O–H groups in total. The second-order valence-electron chi connectivity index (χ2n) is 4.44. The Bertz CT molecular complexity index is 781. The quantitative estimate of drug-likeness (QED) is 0.481. The third kappa shape index (κ3) is 2.38. The minimum absolute atomic E-state index is 0.151. The van der Waals surface area contributed by atoms with Crippen molar-refractivity contribution >= 4 is 23.5 Å². The van der Waals surface area contributed by atoms with Crippen LogP contribution in [0.25, 0.3) is 11.8 Å². The topological polar surface area (TPSA) is 69.4 Å². The molecule has 0 atom stereocenters. The summed E-state index contributed by atoms with van der Waals surface area (Å²) in [6.07, 6.45) is 1.58. The monoisotopic (exact) mass is 285 g/mol. The van der Waals surface area contributed by atoms with Gasteiger partial charge in [-0.3, -0.25) is 10.1 Å². The smallest absolute Gasteiger partial charge is 0.344 e. The number of rotatable bonds is 2. The molecule has 0 bridgehead atoms. The lowest BCUT2D eigenvalue weighted by Gasteiger charge is -1.99. The van der Waals surface area contributed by atoms with Gasteiger partial charge in [0.25, 0.3) is 5.69 Å². The predicted molar refractivity (Wildman–Crippen MR) is 72.8 cm³/mol. The van der Waals surface area contributed by atoms with Gasteiger partial charge in [0.1, 0.15) is 11.6 Å². The standard InChI is InChI=1S/C15H8FNO4/c16-10-3-1-9(2-4-10)7-14-12-6-5-11(17(19)20)8-13(12)15(18)21-14/h1-8H. The molecule has 0 amide bonds. The predicted octanol–water partition coefficient (Wildman–Crippen LogP) is 3.40. The number of halogens is 1. The number of nitrogens with zero attached hydrogens (tertiary/aromatic N) is 1. The average Bonchev–Trinajstić information content (AvgIpc) is 2.77. The van der Waals surface area contributed by atoms with E-state index in [1.165, 1.54) is 30.3 Å². The maximum Gasteiger partial charge on any atom is 0.344 e. The summed E-state index contributed by atoms with van der Waals surface area (Å²) in [7, 11) is 0. The molecule has 2 aromatic rings. The van der Waals surface area contributed by atoms with E-state index in [4.69, 9.17) is 4.74 Å². The van der Waals surface area contributed by atoms with E-state index < -0.39 is 10.9 Å². The van der Waals surface area contributed by atoms with E-state index in [1.807, 2.05) is 0 Å². The molecule has 0 spiro atoms. The first-order valence-corrected chi connectivity index (χ1v) is 6.03. The number of carbonyl (C=O) groups is 1. The van der Waals surface area contributed by atoms with Crippen LogP contribution >= 0.6 is 0 Å². The van der Waals surface area contributed by atoms with E-state index in [2.05, 4.69) is 0 Å². The van der Waals surface area contributed by atoms with E-state index >= 15 is 0 Å². The zero-order valence-corrected chi connectivity index (χ0v) is 10.6. The van der Waals surface area contributed by atoms with Crippen LogP contribution in [0.15, 0.2) is 42.5 Å². The summed E-state index contributed by atoms with van der Waals surface area (Å²) in [5.41, 5.74) is 1.12. The molecule has 0 radical (unpaired) electrons. The molecule has 0 saturated heterocycles. The molecule has 104 valence electrons. The second-order valence-corrected chi connectivity index (χ2v) is 4.44. The third-order valence-corrected chi connectivity index (χ3v) is 3.07. The summed E-state index contributed by atoms with van der Waals surface area (Å²) >= 11 is 0. The fourth-order valence-electron chi connectivity index (χ4n) is 2.06. The summed E-state index contributed by atoms with van der Waals surface area (Å²) < 4.78 is 18.0. The van der Waals surface area contributed by atoms with Crippen molar-refractivity contribution in [1.29, 1.82) is 0 Å². The normalized spacial score (nSPS) is 14.9. The molecule has 0 aromatic heterocycles. The van der Waals surface area contributed by atoms with Crippen molar-refractivity contribution in [3.8, 4) is 0 Å². The maximum atomic E-state index is 12.9. The molecule has 3 rings (SSSR count). The van der Waals surface area contributed by atoms with E-state index in [0.29, 0.717) is 11.1 Å². The molecule has 0 saturated carbocycles. The molecular formula is C15H8FNO4. The lowest BCUT2D eigenvalue weighted by Crippen LogP contribution is -1.95. The van der Waals surface area contributed by atoms with E-state index in [-0.39, 0.29) is 22.8 Å². The molecule has 0 fully saturated rings. The molecular weight excluding hydrogens is 277 g/mol. The highest BCUT2D eigenvalue weighted by Crippen LogP contribution is 2.33. The summed E-state index contributed by atoms with van der Waals surface area (Å²) in [5.74, 6) is -0.713. The van der Waals surface area contributed by atoms with Gasteiger partial charge in [-0.05, 0) is 29.8 Å². The van der Waals surface area contributed by atoms with Crippen molar-refractivity contribution in [2.75, 3.05) is 0 Å². The zero-order valence-electron chi connectivity index (χ0n) is 10.6. The number of esters is 1. The summed E-state index contributed by atoms with van der Waals surface area (Å²) in [6.45, 7) is 0. The Kier molecular flexibility index (Phi) is 2.98. The molecule has 0 aliphatic carbocycles. The van der Waals surface area contributed by atoms with E-state index in [0.717, 1.165) is 0 Å². The number of hydrogen-bond acceptors (Lipinski definition) is 4. The third-order valence-electron chi connectivity index (χ3n) is 3.07. The van der Waals surface area contributed by atoms with Crippen LogP contribution in [0.1, 0.15) is 21.5 Å². The van der Waals surface area contributed by atoms with Crippen LogP contribution in [0.2, 0.25) is 0 Å². The molecule has 5 nitrogen and oxygen atoms in total. The number of hydrogen-bond donors (Lipinski definition) is 0. The van der Waals surface area contributed by atoms with Gasteiger partial charge in [0.2, 0.25) is 0 Å². The lowest BCUT2D eigenvalue weighted by atomic mass is 10.1. The largest absolute Gasteiger partial charge is 0.422 e. The Morgan fingerprint density at radius 3 is 2.48 bits per heavy atom. The number of cyclic esters (lactones) is 1. The van der Waals surface area contributed by atoms with Crippen molar-refractivity contribution < 1.29 is 18.8 Å². The Morgan fingerprint density at radius 1 is 1.10 bits per heavy atom. The zero-order chi connectivity index (χ0) is 15.0. The Balaban J connectivity index is 2.04. The highest BCUT2D eigenvalue weighted by molar-refractivity contribution is 6.06. The van der Waals surface area contributed by atoms with Crippen molar-refractivity contribution in [2.24, 2.45) is 0 Å². The van der Waals surface area contributed by atoms with Gasteiger partial charge < -0.3 is 4.74 Å². The first-order chi connectivity index (χ1) is 10.0. The van der Waals surface area contributed by atoms with Crippen molar-refractivity contribution in [2.45, 2.75) is 0 Å². The van der Waals surface area contributed by atoms with Crippen LogP contribution in [0, 0.1) is 15.9 Å². The minimum Gasteiger partial charge on any atom is -0.422 e. The van der Waals surface area contributed by atoms with Crippen LogP contribution in [0.3, 0.4) is 0 Å². The van der Waals surface area contributed by atoms with Crippen molar-refractivity contribution in [3.05, 3.63) is 75.1 Å². The molecule has 2 aromatic carbocycles. The van der Waals surface area contributed by atoms with Gasteiger partial charge in [-0.25, -0.2) is 9.18 Å². The Labute approximate surface area is 118 Å². The number of fused-ring (bicyclic) bond motifs is 1. The Morgan fingerprint density at radius 2 is 1.81 bits per heavy atom. The van der Waals surface area contributed by atoms with E-state index in [9.17, 15) is 19.3 Å². The second kappa shape index (κ2) is 4.82. The van der Waals surface area contributed by atoms with Crippen molar-refractivity contribution in [1.82, 2.24) is 0 Å². The summed E-state index contributed by atoms with van der Waals surface area (Å²) in [5, 5.41) is 10.7. The first kappa shape index (κ1) is 13.0. The number of nitro groups is 1. The highest BCUT2D eigenvalue weighted by Gasteiger charge is 2.28. The van der Waals surface area contributed by atoms with Crippen LogP contribution < -0.4 is 0 Å². The van der Waals surface area contributed by atoms with Crippen LogP contribution in [-0.4, -0.2) is 10.9 Å². The van der Waals surface area contributed by atoms with Gasteiger partial charge >= 0.3 is 5.97 Å². The van der Waals surface area contributed by atoms with Gasteiger partial charge in [-0.1, -0.05) is 12.1 Å². The number of non-ortho nitro benzene ring substituents is 1. The minimum atomic E-state index is -0.637. The number of ether oxygens (including phenoxy) is 1. The number of benzene rings is 2. The molecule has 0 unspecified atom stereocenters. The van der Waals surface area contributed by atoms with Crippen LogP contribution in [0.4, 0.5) is 10.1 Å². The van der Waals surface area contributed by atoms with E-state index in [1.54, 1.807) is 18.2 Å². The maximum absolute atomic E-state index is 12.9. The molecule has 1 aliphatic rings. The molecule has 1 heterocycles. The fourth-order valence-corrected chi connectivity index (χ4v) is 2.06. The summed E-state index contributed by atoms with van der Waals surface area (Å²) in [6, 6.07) is 9.62. The van der Waals surface area contributed by atoms with Gasteiger partial charge in [0.15, 0.2) is 0 Å². The Hall–Kier alpha value is -3.02. The highest BCUT2D eigenvalue weighted by atomic mass is 19.1. The van der Waals surface area contributed by atoms with Gasteiger partial charge in [-0.15, -0.1) is 0 Å². The first-order valence-electron chi connectivity index (χ1n) is 6.03. The number of nitro benzene ring substituents is 1. The van der Waals surface area contributed by atoms with Crippen LogP contribution in [0.5, 0.6) is 0 Å². The van der Waals surface area contributed by atoms with Crippen LogP contribution in [-0.2, 0) is 4.74 Å². The fraction of sp³-hybridized carbons (Fsp3) is 0. The average molecular weight is 285 g/mol.